The Morgan fingerprint density at radius 3 is 2.60 bits per heavy atom. The Morgan fingerprint density at radius 2 is 1.85 bits per heavy atom. The van der Waals surface area contributed by atoms with Gasteiger partial charge in [-0.2, -0.15) is 0 Å². The van der Waals surface area contributed by atoms with Gasteiger partial charge in [-0.3, -0.25) is 0 Å². The van der Waals surface area contributed by atoms with Crippen molar-refractivity contribution < 1.29 is 4.74 Å². The number of nitrogens with two attached hydrogens (primary N) is 1. The molecular weight excluding hydrogens is 248 g/mol. The Morgan fingerprint density at radius 1 is 1.10 bits per heavy atom. The highest BCUT2D eigenvalue weighted by atomic mass is 16.5. The van der Waals surface area contributed by atoms with Crippen LogP contribution in [0.15, 0.2) is 48.5 Å². The van der Waals surface area contributed by atoms with Gasteiger partial charge < -0.3 is 15.4 Å². The molecule has 1 aliphatic rings. The third-order valence-corrected chi connectivity index (χ3v) is 3.67. The molecule has 0 bridgehead atoms. The fourth-order valence-corrected chi connectivity index (χ4v) is 2.55. The van der Waals surface area contributed by atoms with Crippen molar-refractivity contribution in [1.82, 2.24) is 0 Å². The van der Waals surface area contributed by atoms with Crippen LogP contribution in [0, 0.1) is 0 Å². The van der Waals surface area contributed by atoms with Gasteiger partial charge in [0.2, 0.25) is 0 Å². The molecule has 0 aromatic heterocycles. The molecule has 2 aromatic rings. The highest BCUT2D eigenvalue weighted by Crippen LogP contribution is 2.35. The number of anilines is 2. The van der Waals surface area contributed by atoms with E-state index in [1.807, 2.05) is 19.1 Å². The van der Waals surface area contributed by atoms with E-state index in [1.54, 1.807) is 0 Å². The molecule has 0 spiro atoms. The number of benzene rings is 2. The zero-order valence-electron chi connectivity index (χ0n) is 11.8. The Labute approximate surface area is 120 Å². The van der Waals surface area contributed by atoms with Gasteiger partial charge in [-0.25, -0.2) is 0 Å². The van der Waals surface area contributed by atoms with Crippen LogP contribution in [0.3, 0.4) is 0 Å². The number of nitrogens with zero attached hydrogens (tertiary/aromatic N) is 1. The van der Waals surface area contributed by atoms with E-state index in [2.05, 4.69) is 41.3 Å². The monoisotopic (exact) mass is 268 g/mol. The summed E-state index contributed by atoms with van der Waals surface area (Å²) in [5, 5.41) is 0. The van der Waals surface area contributed by atoms with Crippen molar-refractivity contribution in [3.8, 4) is 5.75 Å². The normalized spacial score (nSPS) is 16.0. The predicted octanol–water partition coefficient (Wildman–Crippen LogP) is 3.63. The first kappa shape index (κ1) is 13.0. The molecule has 1 heterocycles. The van der Waals surface area contributed by atoms with Crippen molar-refractivity contribution in [3.63, 3.8) is 0 Å². The SMILES string of the molecule is C[C@@H](N)c1ccc(N2CCCOc3ccccc32)cc1. The van der Waals surface area contributed by atoms with E-state index in [0.29, 0.717) is 0 Å². The second-order valence-corrected chi connectivity index (χ2v) is 5.20. The van der Waals surface area contributed by atoms with Crippen LogP contribution in [0.4, 0.5) is 11.4 Å². The Kier molecular flexibility index (Phi) is 3.61. The first-order valence-corrected chi connectivity index (χ1v) is 7.10. The van der Waals surface area contributed by atoms with E-state index in [0.717, 1.165) is 36.6 Å². The van der Waals surface area contributed by atoms with Crippen LogP contribution in [0.2, 0.25) is 0 Å². The Hall–Kier alpha value is -2.00. The van der Waals surface area contributed by atoms with Crippen LogP contribution in [-0.4, -0.2) is 13.2 Å². The topological polar surface area (TPSA) is 38.5 Å². The van der Waals surface area contributed by atoms with Crippen LogP contribution in [-0.2, 0) is 0 Å². The van der Waals surface area contributed by atoms with Crippen molar-refractivity contribution in [2.75, 3.05) is 18.1 Å². The lowest BCUT2D eigenvalue weighted by Gasteiger charge is -2.24. The minimum Gasteiger partial charge on any atom is -0.491 e. The van der Waals surface area contributed by atoms with Crippen molar-refractivity contribution in [2.24, 2.45) is 5.73 Å². The zero-order valence-corrected chi connectivity index (χ0v) is 11.8. The highest BCUT2D eigenvalue weighted by molar-refractivity contribution is 5.69. The van der Waals surface area contributed by atoms with Gasteiger partial charge in [0.15, 0.2) is 0 Å². The zero-order chi connectivity index (χ0) is 13.9. The molecule has 1 atom stereocenters. The number of hydrogen-bond acceptors (Lipinski definition) is 3. The number of hydrogen-bond donors (Lipinski definition) is 1. The molecule has 0 aliphatic carbocycles. The number of rotatable bonds is 2. The molecule has 0 unspecified atom stereocenters. The molecule has 0 amide bonds. The third-order valence-electron chi connectivity index (χ3n) is 3.67. The lowest BCUT2D eigenvalue weighted by atomic mass is 10.1. The van der Waals surface area contributed by atoms with Gasteiger partial charge in [0.25, 0.3) is 0 Å². The standard InChI is InChI=1S/C17H20N2O/c1-13(18)14-7-9-15(10-8-14)19-11-4-12-20-17-6-3-2-5-16(17)19/h2-3,5-10,13H,4,11-12,18H2,1H3/t13-/m1/s1. The second kappa shape index (κ2) is 5.55. The second-order valence-electron chi connectivity index (χ2n) is 5.20. The summed E-state index contributed by atoms with van der Waals surface area (Å²) in [4.78, 5) is 2.31. The van der Waals surface area contributed by atoms with Gasteiger partial charge in [-0.05, 0) is 43.2 Å². The van der Waals surface area contributed by atoms with E-state index in [-0.39, 0.29) is 6.04 Å². The van der Waals surface area contributed by atoms with Gasteiger partial charge in [0.05, 0.1) is 12.3 Å². The van der Waals surface area contributed by atoms with Crippen molar-refractivity contribution >= 4 is 11.4 Å². The van der Waals surface area contributed by atoms with Crippen LogP contribution in [0.25, 0.3) is 0 Å². The summed E-state index contributed by atoms with van der Waals surface area (Å²) in [5.41, 5.74) is 9.40. The van der Waals surface area contributed by atoms with E-state index in [1.165, 1.54) is 5.69 Å². The largest absolute Gasteiger partial charge is 0.491 e. The summed E-state index contributed by atoms with van der Waals surface area (Å²) >= 11 is 0. The molecule has 0 saturated carbocycles. The van der Waals surface area contributed by atoms with Gasteiger partial charge >= 0.3 is 0 Å². The van der Waals surface area contributed by atoms with Crippen molar-refractivity contribution in [3.05, 3.63) is 54.1 Å². The summed E-state index contributed by atoms with van der Waals surface area (Å²) in [5.74, 6) is 0.960. The lowest BCUT2D eigenvalue weighted by molar-refractivity contribution is 0.322. The van der Waals surface area contributed by atoms with Crippen LogP contribution in [0.1, 0.15) is 24.9 Å². The van der Waals surface area contributed by atoms with E-state index in [9.17, 15) is 0 Å². The fourth-order valence-electron chi connectivity index (χ4n) is 2.55. The summed E-state index contributed by atoms with van der Waals surface area (Å²) in [6.45, 7) is 3.74. The molecule has 3 heteroatoms. The summed E-state index contributed by atoms with van der Waals surface area (Å²) in [6.07, 6.45) is 1.02. The fraction of sp³-hybridized carbons (Fsp3) is 0.294. The van der Waals surface area contributed by atoms with Gasteiger partial charge in [0.1, 0.15) is 5.75 Å². The smallest absolute Gasteiger partial charge is 0.142 e. The number of para-hydroxylation sites is 2. The Bertz CT molecular complexity index is 578. The number of ether oxygens (including phenoxy) is 1. The van der Waals surface area contributed by atoms with Gasteiger partial charge in [-0.1, -0.05) is 24.3 Å². The molecule has 0 saturated heterocycles. The summed E-state index contributed by atoms with van der Waals surface area (Å²) < 4.78 is 5.80. The van der Waals surface area contributed by atoms with Crippen molar-refractivity contribution in [1.29, 1.82) is 0 Å². The first-order valence-electron chi connectivity index (χ1n) is 7.10. The lowest BCUT2D eigenvalue weighted by Crippen LogP contribution is -2.17. The molecule has 0 fully saturated rings. The maximum atomic E-state index is 5.91. The Balaban J connectivity index is 1.97. The average Bonchev–Trinajstić information content (AvgIpc) is 2.69. The minimum absolute atomic E-state index is 0.0730. The predicted molar refractivity (Wildman–Crippen MR) is 82.6 cm³/mol. The average molecular weight is 268 g/mol. The van der Waals surface area contributed by atoms with Crippen molar-refractivity contribution in [2.45, 2.75) is 19.4 Å². The summed E-state index contributed by atoms with van der Waals surface area (Å²) in [6, 6.07) is 16.8. The molecule has 20 heavy (non-hydrogen) atoms. The number of fused-ring (bicyclic) bond motifs is 1. The molecular formula is C17H20N2O. The maximum Gasteiger partial charge on any atom is 0.142 e. The third kappa shape index (κ3) is 2.49. The molecule has 104 valence electrons. The van der Waals surface area contributed by atoms with E-state index >= 15 is 0 Å². The van der Waals surface area contributed by atoms with E-state index < -0.39 is 0 Å². The first-order chi connectivity index (χ1) is 9.75. The quantitative estimate of drug-likeness (QED) is 0.904. The van der Waals surface area contributed by atoms with Gasteiger partial charge in [-0.15, -0.1) is 0 Å². The minimum atomic E-state index is 0.0730. The molecule has 3 rings (SSSR count). The maximum absolute atomic E-state index is 5.91. The van der Waals surface area contributed by atoms with E-state index in [4.69, 9.17) is 10.5 Å². The summed E-state index contributed by atoms with van der Waals surface area (Å²) in [7, 11) is 0. The van der Waals surface area contributed by atoms with Crippen LogP contribution >= 0.6 is 0 Å². The molecule has 3 nitrogen and oxygen atoms in total. The van der Waals surface area contributed by atoms with Crippen LogP contribution < -0.4 is 15.4 Å². The van der Waals surface area contributed by atoms with Crippen LogP contribution in [0.5, 0.6) is 5.75 Å². The molecule has 2 N–H and O–H groups in total. The molecule has 0 radical (unpaired) electrons. The van der Waals surface area contributed by atoms with Gasteiger partial charge in [0, 0.05) is 18.3 Å². The molecule has 1 aliphatic heterocycles. The molecule has 2 aromatic carbocycles. The highest BCUT2D eigenvalue weighted by Gasteiger charge is 2.17.